The molecule has 3 aliphatic heterocycles. The molecule has 0 aliphatic carbocycles. The summed E-state index contributed by atoms with van der Waals surface area (Å²) in [6, 6.07) is 2.24. The van der Waals surface area contributed by atoms with Crippen LogP contribution in [0.2, 0.25) is 0 Å². The first-order chi connectivity index (χ1) is 14.5. The Kier molecular flexibility index (Phi) is 5.12. The lowest BCUT2D eigenvalue weighted by Gasteiger charge is -2.36. The number of carbonyl (C=O) groups excluding carboxylic acids is 1. The molecule has 0 aromatic carbocycles. The van der Waals surface area contributed by atoms with Crippen LogP contribution in [0, 0.1) is 6.92 Å². The van der Waals surface area contributed by atoms with Gasteiger partial charge in [0, 0.05) is 49.5 Å². The summed E-state index contributed by atoms with van der Waals surface area (Å²) in [4.78, 5) is 22.3. The largest absolute Gasteiger partial charge is 0.355 e. The van der Waals surface area contributed by atoms with Crippen LogP contribution in [0.1, 0.15) is 49.9 Å². The van der Waals surface area contributed by atoms with Crippen molar-refractivity contribution in [2.24, 2.45) is 5.73 Å². The molecule has 2 aromatic rings. The SMILES string of the molecule is Cc1cn2nc([C@@H]3CCCCN3C(=O)C3OCNC3C)cc2nc1N1CC[C@H](N)C1. The van der Waals surface area contributed by atoms with Gasteiger partial charge >= 0.3 is 0 Å². The maximum absolute atomic E-state index is 13.2. The normalized spacial score (nSPS) is 29.8. The van der Waals surface area contributed by atoms with E-state index in [-0.39, 0.29) is 24.0 Å². The van der Waals surface area contributed by atoms with Crippen molar-refractivity contribution >= 4 is 17.4 Å². The van der Waals surface area contributed by atoms with Crippen LogP contribution in [0.3, 0.4) is 0 Å². The second kappa shape index (κ2) is 7.79. The van der Waals surface area contributed by atoms with E-state index < -0.39 is 6.10 Å². The highest BCUT2D eigenvalue weighted by atomic mass is 16.5. The minimum atomic E-state index is -0.422. The van der Waals surface area contributed by atoms with Gasteiger partial charge in [-0.15, -0.1) is 0 Å². The topological polar surface area (TPSA) is 101 Å². The van der Waals surface area contributed by atoms with Crippen molar-refractivity contribution in [3.63, 3.8) is 0 Å². The molecule has 2 unspecified atom stereocenters. The Hall–Kier alpha value is -2.23. The van der Waals surface area contributed by atoms with Gasteiger partial charge in [0.05, 0.1) is 18.5 Å². The van der Waals surface area contributed by atoms with Gasteiger partial charge in [-0.3, -0.25) is 10.1 Å². The van der Waals surface area contributed by atoms with E-state index in [1.807, 2.05) is 28.6 Å². The molecule has 0 spiro atoms. The first kappa shape index (κ1) is 19.7. The number of rotatable bonds is 3. The van der Waals surface area contributed by atoms with E-state index in [0.717, 1.165) is 68.0 Å². The van der Waals surface area contributed by atoms with Crippen LogP contribution in [0.4, 0.5) is 5.82 Å². The molecule has 2 aromatic heterocycles. The Labute approximate surface area is 176 Å². The zero-order chi connectivity index (χ0) is 20.8. The molecule has 4 atom stereocenters. The van der Waals surface area contributed by atoms with E-state index in [9.17, 15) is 4.79 Å². The number of anilines is 1. The molecule has 3 N–H and O–H groups in total. The van der Waals surface area contributed by atoms with Crippen LogP contribution in [-0.4, -0.2) is 70.0 Å². The van der Waals surface area contributed by atoms with Gasteiger partial charge in [0.1, 0.15) is 5.82 Å². The van der Waals surface area contributed by atoms with Gasteiger partial charge in [0.2, 0.25) is 0 Å². The molecule has 0 bridgehead atoms. The monoisotopic (exact) mass is 413 g/mol. The third kappa shape index (κ3) is 3.44. The van der Waals surface area contributed by atoms with Crippen LogP contribution >= 0.6 is 0 Å². The Morgan fingerprint density at radius 3 is 2.90 bits per heavy atom. The minimum absolute atomic E-state index is 0.0276. The number of hydrogen-bond acceptors (Lipinski definition) is 7. The van der Waals surface area contributed by atoms with Crippen molar-refractivity contribution in [3.05, 3.63) is 23.5 Å². The zero-order valence-corrected chi connectivity index (χ0v) is 17.8. The van der Waals surface area contributed by atoms with Crippen LogP contribution in [0.15, 0.2) is 12.3 Å². The number of amides is 1. The van der Waals surface area contributed by atoms with Gasteiger partial charge in [0.15, 0.2) is 11.8 Å². The Bertz CT molecular complexity index is 945. The second-order valence-electron chi connectivity index (χ2n) is 8.88. The molecule has 3 saturated heterocycles. The summed E-state index contributed by atoms with van der Waals surface area (Å²) >= 11 is 0. The molecule has 9 nitrogen and oxygen atoms in total. The van der Waals surface area contributed by atoms with E-state index in [0.29, 0.717) is 6.73 Å². The lowest BCUT2D eigenvalue weighted by molar-refractivity contribution is -0.145. The number of hydrogen-bond donors (Lipinski definition) is 2. The smallest absolute Gasteiger partial charge is 0.253 e. The number of aryl methyl sites for hydroxylation is 1. The Morgan fingerprint density at radius 1 is 1.30 bits per heavy atom. The van der Waals surface area contributed by atoms with Crippen molar-refractivity contribution in [2.45, 2.75) is 63.8 Å². The van der Waals surface area contributed by atoms with Crippen molar-refractivity contribution in [1.29, 1.82) is 0 Å². The number of ether oxygens (including phenoxy) is 1. The van der Waals surface area contributed by atoms with E-state index in [1.54, 1.807) is 0 Å². The predicted octanol–water partition coefficient (Wildman–Crippen LogP) is 0.963. The predicted molar refractivity (Wildman–Crippen MR) is 113 cm³/mol. The number of carbonyl (C=O) groups is 1. The van der Waals surface area contributed by atoms with Crippen molar-refractivity contribution in [1.82, 2.24) is 24.8 Å². The summed E-state index contributed by atoms with van der Waals surface area (Å²) in [5, 5.41) is 8.01. The highest BCUT2D eigenvalue weighted by Gasteiger charge is 2.38. The number of fused-ring (bicyclic) bond motifs is 1. The molecule has 30 heavy (non-hydrogen) atoms. The Balaban J connectivity index is 1.44. The average molecular weight is 414 g/mol. The van der Waals surface area contributed by atoms with Gasteiger partial charge in [-0.1, -0.05) is 0 Å². The van der Waals surface area contributed by atoms with Gasteiger partial charge in [0.25, 0.3) is 5.91 Å². The number of nitrogens with two attached hydrogens (primary N) is 1. The quantitative estimate of drug-likeness (QED) is 0.773. The van der Waals surface area contributed by atoms with Gasteiger partial charge < -0.3 is 20.3 Å². The van der Waals surface area contributed by atoms with E-state index in [1.165, 1.54) is 0 Å². The van der Waals surface area contributed by atoms with Gasteiger partial charge in [-0.05, 0) is 39.5 Å². The summed E-state index contributed by atoms with van der Waals surface area (Å²) in [6.45, 7) is 7.01. The fourth-order valence-corrected chi connectivity index (χ4v) is 4.95. The molecular weight excluding hydrogens is 382 g/mol. The third-order valence-corrected chi connectivity index (χ3v) is 6.64. The summed E-state index contributed by atoms with van der Waals surface area (Å²) in [6.07, 6.45) is 5.62. The van der Waals surface area contributed by atoms with Crippen LogP contribution in [0.5, 0.6) is 0 Å². The zero-order valence-electron chi connectivity index (χ0n) is 17.8. The summed E-state index contributed by atoms with van der Waals surface area (Å²) in [5.74, 6) is 1.04. The van der Waals surface area contributed by atoms with Crippen LogP contribution in [0.25, 0.3) is 5.65 Å². The van der Waals surface area contributed by atoms with E-state index in [2.05, 4.69) is 17.1 Å². The second-order valence-corrected chi connectivity index (χ2v) is 8.88. The minimum Gasteiger partial charge on any atom is -0.355 e. The maximum atomic E-state index is 13.2. The highest BCUT2D eigenvalue weighted by molar-refractivity contribution is 5.82. The summed E-state index contributed by atoms with van der Waals surface area (Å²) in [5.41, 5.74) is 8.90. The molecule has 5 rings (SSSR count). The standard InChI is InChI=1S/C21H31N7O2/c1-13-10-28-18(24-20(13)26-8-6-15(22)11-26)9-16(25-28)17-5-3-4-7-27(17)21(29)19-14(2)23-12-30-19/h9-10,14-15,17,19,23H,3-8,11-12,22H2,1-2H3/t14?,15-,17-,19?/m0/s1. The number of likely N-dealkylation sites (tertiary alicyclic amines) is 1. The maximum Gasteiger partial charge on any atom is 0.253 e. The third-order valence-electron chi connectivity index (χ3n) is 6.64. The first-order valence-electron chi connectivity index (χ1n) is 11.0. The van der Waals surface area contributed by atoms with Crippen molar-refractivity contribution in [3.8, 4) is 0 Å². The molecular formula is C21H31N7O2. The van der Waals surface area contributed by atoms with Crippen LogP contribution in [-0.2, 0) is 9.53 Å². The lowest BCUT2D eigenvalue weighted by Crippen LogP contribution is -2.47. The number of piperidine rings is 1. The van der Waals surface area contributed by atoms with Crippen molar-refractivity contribution in [2.75, 3.05) is 31.3 Å². The molecule has 1 amide bonds. The number of nitrogens with one attached hydrogen (secondary N) is 1. The number of aromatic nitrogens is 3. The fraction of sp³-hybridized carbons (Fsp3) is 0.667. The van der Waals surface area contributed by atoms with Gasteiger partial charge in [-0.2, -0.15) is 5.10 Å². The van der Waals surface area contributed by atoms with Crippen LogP contribution < -0.4 is 16.0 Å². The van der Waals surface area contributed by atoms with Gasteiger partial charge in [-0.25, -0.2) is 9.50 Å². The molecule has 9 heteroatoms. The number of nitrogens with zero attached hydrogens (tertiary/aromatic N) is 5. The van der Waals surface area contributed by atoms with E-state index >= 15 is 0 Å². The summed E-state index contributed by atoms with van der Waals surface area (Å²) < 4.78 is 7.51. The Morgan fingerprint density at radius 2 is 2.17 bits per heavy atom. The van der Waals surface area contributed by atoms with Crippen molar-refractivity contribution < 1.29 is 9.53 Å². The first-order valence-corrected chi connectivity index (χ1v) is 11.0. The summed E-state index contributed by atoms with van der Waals surface area (Å²) in [7, 11) is 0. The fourth-order valence-electron chi connectivity index (χ4n) is 4.95. The average Bonchev–Trinajstić information content (AvgIpc) is 3.46. The highest BCUT2D eigenvalue weighted by Crippen LogP contribution is 2.33. The molecule has 3 aliphatic rings. The molecule has 3 fully saturated rings. The molecule has 162 valence electrons. The molecule has 0 radical (unpaired) electrons. The lowest BCUT2D eigenvalue weighted by atomic mass is 9.98. The van der Waals surface area contributed by atoms with E-state index in [4.69, 9.17) is 20.6 Å². The molecule has 5 heterocycles. The molecule has 0 saturated carbocycles.